The van der Waals surface area contributed by atoms with E-state index in [1.807, 2.05) is 85.8 Å². The lowest BCUT2D eigenvalue weighted by Gasteiger charge is -2.12. The number of allylic oxidation sites excluding steroid dienone is 1. The Labute approximate surface area is 401 Å². The van der Waals surface area contributed by atoms with Crippen LogP contribution in [0.1, 0.15) is 18.2 Å². The summed E-state index contributed by atoms with van der Waals surface area (Å²) in [7, 11) is 0. The Bertz CT molecular complexity index is 4150. The third-order valence-corrected chi connectivity index (χ3v) is 13.0. The quantitative estimate of drug-likeness (QED) is 0.142. The summed E-state index contributed by atoms with van der Waals surface area (Å²) in [5.41, 5.74) is 15.0. The standard InChI is InChI=1S/C60H40N10/c1-3-17-49-43(4-2)46-34-40(28-31-51(46)70(49)60-63-37-62-59(67-60)47-30-32-53-57(64-47)56-52(26-16-33-61-56)68(53)42-22-12-7-13-23-42)41-27-29-45-44-24-14-15-25-50(44)69(54(45)35-41)55-36-48(38-18-8-5-9-19-38)65-58(66-55)39-20-10-6-11-21-39/h3-37H,2H2,1H3/b17-3-. The van der Waals surface area contributed by atoms with Gasteiger partial charge in [0.15, 0.2) is 11.6 Å². The van der Waals surface area contributed by atoms with Crippen molar-refractivity contribution < 1.29 is 0 Å². The van der Waals surface area contributed by atoms with Crippen molar-refractivity contribution in [2.24, 2.45) is 0 Å². The Morgan fingerprint density at radius 3 is 1.94 bits per heavy atom. The van der Waals surface area contributed by atoms with E-state index in [1.54, 1.807) is 12.5 Å². The number of nitrogens with zero attached hydrogens (tertiary/aromatic N) is 10. The molecule has 6 aromatic carbocycles. The van der Waals surface area contributed by atoms with Gasteiger partial charge >= 0.3 is 0 Å². The average molecular weight is 901 g/mol. The molecule has 10 heteroatoms. The highest BCUT2D eigenvalue weighted by atomic mass is 15.2. The first-order valence-corrected chi connectivity index (χ1v) is 23.1. The van der Waals surface area contributed by atoms with Gasteiger partial charge in [0, 0.05) is 50.8 Å². The molecule has 0 unspecified atom stereocenters. The molecular weight excluding hydrogens is 861 g/mol. The minimum atomic E-state index is 0.452. The first kappa shape index (κ1) is 40.6. The number of fused-ring (bicyclic) bond motifs is 7. The van der Waals surface area contributed by atoms with Crippen LogP contribution >= 0.6 is 0 Å². The maximum absolute atomic E-state index is 5.27. The number of hydrogen-bond acceptors (Lipinski definition) is 7. The number of rotatable bonds is 9. The largest absolute Gasteiger partial charge is 0.306 e. The summed E-state index contributed by atoms with van der Waals surface area (Å²) in [6.07, 6.45) is 9.37. The summed E-state index contributed by atoms with van der Waals surface area (Å²) < 4.78 is 6.53. The summed E-state index contributed by atoms with van der Waals surface area (Å²) in [4.78, 5) is 34.8. The molecule has 0 N–H and O–H groups in total. The number of aromatic nitrogens is 10. The minimum absolute atomic E-state index is 0.452. The zero-order valence-electron chi connectivity index (χ0n) is 37.9. The van der Waals surface area contributed by atoms with E-state index in [0.29, 0.717) is 23.3 Å². The SMILES string of the molecule is C=Cc1c(/C=C\C)n(-c2ncnc(-c3ccc4c(n3)c3ncccc3n4-c3ccccc3)n2)c2ccc(-c3ccc4c5ccccc5n(-c5cc(-c6ccccc6)nc(-c6ccccc6)n5)c4c3)cc12. The van der Waals surface area contributed by atoms with E-state index in [4.69, 9.17) is 29.9 Å². The smallest absolute Gasteiger partial charge is 0.238 e. The fourth-order valence-corrected chi connectivity index (χ4v) is 9.88. The molecule has 0 saturated heterocycles. The van der Waals surface area contributed by atoms with E-state index in [-0.39, 0.29) is 0 Å². The van der Waals surface area contributed by atoms with Crippen LogP contribution in [0.15, 0.2) is 207 Å². The van der Waals surface area contributed by atoms with Gasteiger partial charge in [0.25, 0.3) is 0 Å². The van der Waals surface area contributed by atoms with Crippen LogP contribution in [-0.2, 0) is 0 Å². The Kier molecular flexibility index (Phi) is 9.62. The Morgan fingerprint density at radius 1 is 0.443 bits per heavy atom. The van der Waals surface area contributed by atoms with E-state index in [1.165, 1.54) is 0 Å². The van der Waals surface area contributed by atoms with Gasteiger partial charge in [0.1, 0.15) is 28.9 Å². The fraction of sp³-hybridized carbons (Fsp3) is 0.0167. The molecule has 0 aliphatic rings. The van der Waals surface area contributed by atoms with Gasteiger partial charge in [-0.2, -0.15) is 4.98 Å². The molecule has 0 bridgehead atoms. The monoisotopic (exact) mass is 900 g/mol. The van der Waals surface area contributed by atoms with Crippen molar-refractivity contribution >= 4 is 66.9 Å². The van der Waals surface area contributed by atoms with E-state index in [0.717, 1.165) is 105 Å². The molecule has 7 aromatic heterocycles. The van der Waals surface area contributed by atoms with Crippen LogP contribution in [0.3, 0.4) is 0 Å². The third-order valence-electron chi connectivity index (χ3n) is 13.0. The summed E-state index contributed by atoms with van der Waals surface area (Å²) in [6.45, 7) is 6.32. The highest BCUT2D eigenvalue weighted by Gasteiger charge is 2.22. The molecule has 0 radical (unpaired) electrons. The summed E-state index contributed by atoms with van der Waals surface area (Å²) in [5, 5.41) is 3.29. The lowest BCUT2D eigenvalue weighted by atomic mass is 10.0. The van der Waals surface area contributed by atoms with Gasteiger partial charge < -0.3 is 4.57 Å². The molecule has 0 atom stereocenters. The van der Waals surface area contributed by atoms with Crippen molar-refractivity contribution in [2.75, 3.05) is 0 Å². The maximum Gasteiger partial charge on any atom is 0.238 e. The van der Waals surface area contributed by atoms with Crippen molar-refractivity contribution in [2.45, 2.75) is 6.92 Å². The third kappa shape index (κ3) is 6.61. The normalized spacial score (nSPS) is 11.8. The molecule has 330 valence electrons. The first-order chi connectivity index (χ1) is 34.6. The van der Waals surface area contributed by atoms with Crippen molar-refractivity contribution in [3.63, 3.8) is 0 Å². The lowest BCUT2D eigenvalue weighted by Crippen LogP contribution is -2.06. The topological polar surface area (TPSA) is 105 Å². The molecular formula is C60H40N10. The van der Waals surface area contributed by atoms with Crippen LogP contribution in [0.5, 0.6) is 0 Å². The number of hydrogen-bond donors (Lipinski definition) is 0. The molecule has 13 rings (SSSR count). The van der Waals surface area contributed by atoms with Crippen LogP contribution in [-0.4, -0.2) is 48.6 Å². The Morgan fingerprint density at radius 2 is 1.13 bits per heavy atom. The molecule has 0 amide bonds. The van der Waals surface area contributed by atoms with Crippen molar-refractivity contribution in [3.8, 4) is 62.7 Å². The first-order valence-electron chi connectivity index (χ1n) is 23.1. The zero-order valence-corrected chi connectivity index (χ0v) is 37.9. The summed E-state index contributed by atoms with van der Waals surface area (Å²) in [6, 6.07) is 62.7. The highest BCUT2D eigenvalue weighted by Crippen LogP contribution is 2.39. The van der Waals surface area contributed by atoms with Crippen molar-refractivity contribution in [1.29, 1.82) is 0 Å². The zero-order chi connectivity index (χ0) is 46.7. The predicted octanol–water partition coefficient (Wildman–Crippen LogP) is 13.9. The minimum Gasteiger partial charge on any atom is -0.306 e. The number of para-hydroxylation sites is 2. The molecule has 7 heterocycles. The molecule has 10 nitrogen and oxygen atoms in total. The van der Waals surface area contributed by atoms with Gasteiger partial charge in [0.05, 0.1) is 39.0 Å². The molecule has 0 aliphatic heterocycles. The van der Waals surface area contributed by atoms with Gasteiger partial charge in [0.2, 0.25) is 5.95 Å². The van der Waals surface area contributed by atoms with Crippen LogP contribution in [0.2, 0.25) is 0 Å². The summed E-state index contributed by atoms with van der Waals surface area (Å²) in [5.74, 6) is 2.37. The predicted molar refractivity (Wildman–Crippen MR) is 283 cm³/mol. The number of benzene rings is 6. The lowest BCUT2D eigenvalue weighted by molar-refractivity contribution is 0.916. The highest BCUT2D eigenvalue weighted by molar-refractivity contribution is 6.10. The van der Waals surface area contributed by atoms with Gasteiger partial charge in [-0.15, -0.1) is 0 Å². The van der Waals surface area contributed by atoms with Crippen molar-refractivity contribution in [1.82, 2.24) is 48.6 Å². The molecule has 13 aromatic rings. The molecule has 0 fully saturated rings. The second kappa shape index (κ2) is 16.6. The summed E-state index contributed by atoms with van der Waals surface area (Å²) >= 11 is 0. The Hall–Kier alpha value is -9.67. The van der Waals surface area contributed by atoms with Crippen LogP contribution in [0.4, 0.5) is 0 Å². The van der Waals surface area contributed by atoms with Gasteiger partial charge in [-0.25, -0.2) is 24.9 Å². The number of pyridine rings is 2. The molecule has 0 aliphatic carbocycles. The molecule has 70 heavy (non-hydrogen) atoms. The Balaban J connectivity index is 0.945. The van der Waals surface area contributed by atoms with Crippen LogP contribution in [0.25, 0.3) is 130 Å². The second-order valence-electron chi connectivity index (χ2n) is 17.0. The van der Waals surface area contributed by atoms with Crippen LogP contribution < -0.4 is 0 Å². The van der Waals surface area contributed by atoms with E-state index in [9.17, 15) is 0 Å². The van der Waals surface area contributed by atoms with E-state index < -0.39 is 0 Å². The van der Waals surface area contributed by atoms with Crippen LogP contribution in [0, 0.1) is 0 Å². The van der Waals surface area contributed by atoms with E-state index in [2.05, 4.69) is 147 Å². The maximum atomic E-state index is 5.27. The fourth-order valence-electron chi connectivity index (χ4n) is 9.88. The van der Waals surface area contributed by atoms with Crippen molar-refractivity contribution in [3.05, 3.63) is 218 Å². The van der Waals surface area contributed by atoms with Gasteiger partial charge in [-0.3, -0.25) is 14.1 Å². The average Bonchev–Trinajstić information content (AvgIpc) is 4.06. The van der Waals surface area contributed by atoms with E-state index >= 15 is 0 Å². The molecule has 0 saturated carbocycles. The van der Waals surface area contributed by atoms with Gasteiger partial charge in [-0.05, 0) is 84.8 Å². The molecule has 0 spiro atoms. The van der Waals surface area contributed by atoms with Gasteiger partial charge in [-0.1, -0.05) is 134 Å². The second-order valence-corrected chi connectivity index (χ2v) is 17.0.